The highest BCUT2D eigenvalue weighted by atomic mass is 32.2. The van der Waals surface area contributed by atoms with Gasteiger partial charge in [-0.3, -0.25) is 4.79 Å². The molecule has 0 aliphatic carbocycles. The normalized spacial score (nSPS) is 30.1. The summed E-state index contributed by atoms with van der Waals surface area (Å²) in [6.45, 7) is 5.27. The minimum atomic E-state index is 0.260. The Bertz CT molecular complexity index is 271. The lowest BCUT2D eigenvalue weighted by Gasteiger charge is -2.34. The number of nitrogens with one attached hydrogen (secondary N) is 2. The minimum Gasteiger partial charge on any atom is -0.355 e. The quantitative estimate of drug-likeness (QED) is 0.821. The Morgan fingerprint density at radius 1 is 1.44 bits per heavy atom. The van der Waals surface area contributed by atoms with Crippen LogP contribution in [0.1, 0.15) is 39.0 Å². The van der Waals surface area contributed by atoms with Crippen LogP contribution in [0.15, 0.2) is 0 Å². The molecule has 2 aliphatic rings. The molecule has 0 radical (unpaired) electrons. The Labute approximate surface area is 115 Å². The average molecular weight is 270 g/mol. The lowest BCUT2D eigenvalue weighted by Crippen LogP contribution is -2.45. The summed E-state index contributed by atoms with van der Waals surface area (Å²) < 4.78 is 0. The molecule has 0 saturated carbocycles. The van der Waals surface area contributed by atoms with Crippen LogP contribution >= 0.6 is 11.8 Å². The molecule has 0 aromatic rings. The molecule has 1 unspecified atom stereocenters. The number of carbonyl (C=O) groups excluding carboxylic acids is 1. The van der Waals surface area contributed by atoms with Crippen molar-refractivity contribution in [1.29, 1.82) is 0 Å². The predicted molar refractivity (Wildman–Crippen MR) is 77.9 cm³/mol. The molecule has 3 nitrogen and oxygen atoms in total. The molecule has 0 aromatic carbocycles. The fourth-order valence-electron chi connectivity index (χ4n) is 2.87. The molecule has 1 atom stereocenters. The lowest BCUT2D eigenvalue weighted by molar-refractivity contribution is -0.122. The van der Waals surface area contributed by atoms with Gasteiger partial charge in [-0.2, -0.15) is 11.8 Å². The summed E-state index contributed by atoms with van der Waals surface area (Å²) in [5.41, 5.74) is 0.260. The summed E-state index contributed by atoms with van der Waals surface area (Å²) in [5, 5.41) is 6.58. The van der Waals surface area contributed by atoms with Crippen molar-refractivity contribution in [2.75, 3.05) is 31.1 Å². The van der Waals surface area contributed by atoms with E-state index < -0.39 is 0 Å². The van der Waals surface area contributed by atoms with Crippen LogP contribution in [0.25, 0.3) is 0 Å². The Morgan fingerprint density at radius 3 is 2.89 bits per heavy atom. The van der Waals surface area contributed by atoms with Crippen LogP contribution in [0.5, 0.6) is 0 Å². The molecule has 18 heavy (non-hydrogen) atoms. The first-order valence-electron chi connectivity index (χ1n) is 7.23. The van der Waals surface area contributed by atoms with Crippen LogP contribution < -0.4 is 10.6 Å². The first kappa shape index (κ1) is 14.2. The molecule has 104 valence electrons. The topological polar surface area (TPSA) is 41.1 Å². The summed E-state index contributed by atoms with van der Waals surface area (Å²) in [7, 11) is 0. The van der Waals surface area contributed by atoms with Crippen LogP contribution in [0.2, 0.25) is 0 Å². The molecule has 2 rings (SSSR count). The van der Waals surface area contributed by atoms with Crippen molar-refractivity contribution in [3.63, 3.8) is 0 Å². The van der Waals surface area contributed by atoms with Gasteiger partial charge in [0.05, 0.1) is 0 Å². The molecular formula is C14H26N2OS. The van der Waals surface area contributed by atoms with Gasteiger partial charge >= 0.3 is 0 Å². The van der Waals surface area contributed by atoms with E-state index in [1.807, 2.05) is 11.8 Å². The molecule has 0 bridgehead atoms. The maximum Gasteiger partial charge on any atom is 0.220 e. The Balaban J connectivity index is 1.67. The monoisotopic (exact) mass is 270 g/mol. The fourth-order valence-corrected chi connectivity index (χ4v) is 4.07. The molecule has 2 heterocycles. The third-order valence-electron chi connectivity index (χ3n) is 4.21. The number of hydrogen-bond donors (Lipinski definition) is 2. The zero-order chi connectivity index (χ0) is 12.8. The third kappa shape index (κ3) is 4.47. The number of piperidine rings is 1. The van der Waals surface area contributed by atoms with Gasteiger partial charge in [0.25, 0.3) is 0 Å². The van der Waals surface area contributed by atoms with Gasteiger partial charge in [-0.15, -0.1) is 0 Å². The van der Waals surface area contributed by atoms with Gasteiger partial charge in [-0.05, 0) is 55.1 Å². The van der Waals surface area contributed by atoms with Gasteiger partial charge in [-0.25, -0.2) is 0 Å². The van der Waals surface area contributed by atoms with Crippen LogP contribution in [0.4, 0.5) is 0 Å². The highest BCUT2D eigenvalue weighted by Crippen LogP contribution is 2.26. The van der Waals surface area contributed by atoms with E-state index in [0.29, 0.717) is 5.92 Å². The molecule has 2 N–H and O–H groups in total. The molecule has 0 spiro atoms. The molecule has 1 amide bonds. The number of amides is 1. The Hall–Kier alpha value is -0.220. The number of thioether (sulfide) groups is 1. The van der Waals surface area contributed by atoms with Crippen molar-refractivity contribution in [1.82, 2.24) is 10.6 Å². The van der Waals surface area contributed by atoms with Crippen molar-refractivity contribution in [3.8, 4) is 0 Å². The predicted octanol–water partition coefficient (Wildman–Crippen LogP) is 2.03. The minimum absolute atomic E-state index is 0.260. The van der Waals surface area contributed by atoms with Crippen LogP contribution in [-0.4, -0.2) is 37.0 Å². The third-order valence-corrected chi connectivity index (χ3v) is 5.26. The van der Waals surface area contributed by atoms with Crippen molar-refractivity contribution >= 4 is 17.7 Å². The second-order valence-electron chi connectivity index (χ2n) is 6.13. The molecule has 2 saturated heterocycles. The van der Waals surface area contributed by atoms with Crippen molar-refractivity contribution in [3.05, 3.63) is 0 Å². The van der Waals surface area contributed by atoms with Crippen molar-refractivity contribution in [2.24, 2.45) is 11.3 Å². The van der Waals surface area contributed by atoms with E-state index in [9.17, 15) is 4.79 Å². The van der Waals surface area contributed by atoms with E-state index in [1.54, 1.807) is 0 Å². The second-order valence-corrected chi connectivity index (χ2v) is 7.35. The van der Waals surface area contributed by atoms with Crippen LogP contribution in [0, 0.1) is 11.3 Å². The van der Waals surface area contributed by atoms with Gasteiger partial charge in [0.15, 0.2) is 0 Å². The zero-order valence-electron chi connectivity index (χ0n) is 11.5. The zero-order valence-corrected chi connectivity index (χ0v) is 12.3. The van der Waals surface area contributed by atoms with Gasteiger partial charge in [-0.1, -0.05) is 6.92 Å². The van der Waals surface area contributed by atoms with Gasteiger partial charge < -0.3 is 10.6 Å². The molecule has 2 aliphatic heterocycles. The standard InChI is InChI=1S/C14H26N2OS/c1-14(5-2-6-15-10-14)11-16-13(17)9-12-3-7-18-8-4-12/h12,15H,2-11H2,1H3,(H,16,17). The second kappa shape index (κ2) is 6.80. The smallest absolute Gasteiger partial charge is 0.220 e. The fraction of sp³-hybridized carbons (Fsp3) is 0.929. The first-order chi connectivity index (χ1) is 8.68. The molecule has 2 fully saturated rings. The van der Waals surface area contributed by atoms with E-state index in [0.717, 1.165) is 26.1 Å². The van der Waals surface area contributed by atoms with E-state index in [4.69, 9.17) is 0 Å². The molecule has 4 heteroatoms. The summed E-state index contributed by atoms with van der Waals surface area (Å²) >= 11 is 2.02. The molecular weight excluding hydrogens is 244 g/mol. The van der Waals surface area contributed by atoms with Gasteiger partial charge in [0.2, 0.25) is 5.91 Å². The van der Waals surface area contributed by atoms with Crippen LogP contribution in [-0.2, 0) is 4.79 Å². The summed E-state index contributed by atoms with van der Waals surface area (Å²) in [6, 6.07) is 0. The summed E-state index contributed by atoms with van der Waals surface area (Å²) in [6.07, 6.45) is 5.63. The number of rotatable bonds is 4. The summed E-state index contributed by atoms with van der Waals surface area (Å²) in [5.74, 6) is 3.36. The maximum atomic E-state index is 12.0. The lowest BCUT2D eigenvalue weighted by atomic mass is 9.82. The van der Waals surface area contributed by atoms with E-state index >= 15 is 0 Å². The number of hydrogen-bond acceptors (Lipinski definition) is 3. The largest absolute Gasteiger partial charge is 0.355 e. The first-order valence-corrected chi connectivity index (χ1v) is 8.39. The van der Waals surface area contributed by atoms with Gasteiger partial charge in [0, 0.05) is 19.5 Å². The van der Waals surface area contributed by atoms with Crippen LogP contribution in [0.3, 0.4) is 0 Å². The SMILES string of the molecule is CC1(CNC(=O)CC2CCSCC2)CCCNC1. The Kier molecular flexibility index (Phi) is 5.37. The summed E-state index contributed by atoms with van der Waals surface area (Å²) in [4.78, 5) is 12.0. The molecule has 0 aromatic heterocycles. The highest BCUT2D eigenvalue weighted by Gasteiger charge is 2.27. The van der Waals surface area contributed by atoms with Gasteiger partial charge in [0.1, 0.15) is 0 Å². The number of carbonyl (C=O) groups is 1. The van der Waals surface area contributed by atoms with E-state index in [1.165, 1.54) is 37.2 Å². The highest BCUT2D eigenvalue weighted by molar-refractivity contribution is 7.99. The van der Waals surface area contributed by atoms with E-state index in [-0.39, 0.29) is 11.3 Å². The average Bonchev–Trinajstić information content (AvgIpc) is 2.39. The van der Waals surface area contributed by atoms with Crippen molar-refractivity contribution < 1.29 is 4.79 Å². The van der Waals surface area contributed by atoms with E-state index in [2.05, 4.69) is 17.6 Å². The van der Waals surface area contributed by atoms with Crippen molar-refractivity contribution in [2.45, 2.75) is 39.0 Å². The Morgan fingerprint density at radius 2 is 2.22 bits per heavy atom. The maximum absolute atomic E-state index is 12.0.